The third-order valence-electron chi connectivity index (χ3n) is 3.44. The molecule has 0 aliphatic heterocycles. The van der Waals surface area contributed by atoms with Gasteiger partial charge in [0.15, 0.2) is 0 Å². The number of rotatable bonds is 4. The fourth-order valence-corrected chi connectivity index (χ4v) is 2.25. The summed E-state index contributed by atoms with van der Waals surface area (Å²) in [6.07, 6.45) is 4.91. The molecule has 3 aromatic rings. The van der Waals surface area contributed by atoms with E-state index in [2.05, 4.69) is 10.3 Å². The van der Waals surface area contributed by atoms with Crippen LogP contribution in [0.4, 0.5) is 5.69 Å². The maximum absolute atomic E-state index is 12.6. The molecule has 0 saturated carbocycles. The van der Waals surface area contributed by atoms with Gasteiger partial charge in [-0.3, -0.25) is 14.2 Å². The molecule has 0 aliphatic carbocycles. The fourth-order valence-electron chi connectivity index (χ4n) is 2.25. The van der Waals surface area contributed by atoms with E-state index in [0.29, 0.717) is 16.6 Å². The van der Waals surface area contributed by atoms with E-state index < -0.39 is 12.5 Å². The highest BCUT2D eigenvalue weighted by molar-refractivity contribution is 5.94. The van der Waals surface area contributed by atoms with Crippen LogP contribution in [0.1, 0.15) is 5.56 Å². The van der Waals surface area contributed by atoms with Crippen molar-refractivity contribution in [3.05, 3.63) is 70.8 Å². The standard InChI is InChI=1S/C18H15N3O3/c22-11-17(23)20-14-6-7-16-15(10-14)18(24)21(12-19-16)9-8-13-4-2-1-3-5-13/h1-10,12,22H,11H2,(H,20,23). The van der Waals surface area contributed by atoms with E-state index in [0.717, 1.165) is 5.56 Å². The lowest BCUT2D eigenvalue weighted by atomic mass is 10.2. The molecule has 0 atom stereocenters. The van der Waals surface area contributed by atoms with Crippen molar-refractivity contribution in [2.45, 2.75) is 0 Å². The van der Waals surface area contributed by atoms with Crippen molar-refractivity contribution >= 4 is 34.8 Å². The summed E-state index contributed by atoms with van der Waals surface area (Å²) in [4.78, 5) is 28.1. The summed E-state index contributed by atoms with van der Waals surface area (Å²) in [6.45, 7) is -0.616. The Hall–Kier alpha value is -3.25. The summed E-state index contributed by atoms with van der Waals surface area (Å²) in [5, 5.41) is 11.7. The highest BCUT2D eigenvalue weighted by atomic mass is 16.3. The lowest BCUT2D eigenvalue weighted by Gasteiger charge is -2.05. The first-order valence-electron chi connectivity index (χ1n) is 7.32. The molecule has 0 aliphatic rings. The van der Waals surface area contributed by atoms with Gasteiger partial charge in [-0.1, -0.05) is 30.3 Å². The molecular formula is C18H15N3O3. The SMILES string of the molecule is O=C(CO)Nc1ccc2ncn(C=Cc3ccccc3)c(=O)c2c1. The molecule has 1 amide bonds. The molecule has 2 aromatic carbocycles. The highest BCUT2D eigenvalue weighted by Crippen LogP contribution is 2.14. The third-order valence-corrected chi connectivity index (χ3v) is 3.44. The first-order chi connectivity index (χ1) is 11.7. The van der Waals surface area contributed by atoms with Gasteiger partial charge in [-0.15, -0.1) is 0 Å². The van der Waals surface area contributed by atoms with Gasteiger partial charge in [0.05, 0.1) is 10.9 Å². The van der Waals surface area contributed by atoms with Gasteiger partial charge >= 0.3 is 0 Å². The van der Waals surface area contributed by atoms with Gasteiger partial charge in [0.1, 0.15) is 12.9 Å². The summed E-state index contributed by atoms with van der Waals surface area (Å²) < 4.78 is 1.38. The van der Waals surface area contributed by atoms with E-state index in [-0.39, 0.29) is 5.56 Å². The molecule has 0 saturated heterocycles. The number of aliphatic hydroxyl groups is 1. The van der Waals surface area contributed by atoms with E-state index in [9.17, 15) is 9.59 Å². The predicted molar refractivity (Wildman–Crippen MR) is 93.4 cm³/mol. The Bertz CT molecular complexity index is 962. The molecule has 0 unspecified atom stereocenters. The van der Waals surface area contributed by atoms with Crippen molar-refractivity contribution in [1.82, 2.24) is 9.55 Å². The summed E-state index contributed by atoms with van der Waals surface area (Å²) >= 11 is 0. The normalized spacial score (nSPS) is 11.0. The predicted octanol–water partition coefficient (Wildman–Crippen LogP) is 1.96. The zero-order chi connectivity index (χ0) is 16.9. The number of hydrogen-bond donors (Lipinski definition) is 2. The minimum absolute atomic E-state index is 0.243. The van der Waals surface area contributed by atoms with Gasteiger partial charge in [-0.25, -0.2) is 4.98 Å². The summed E-state index contributed by atoms with van der Waals surface area (Å²) in [5.74, 6) is -0.539. The smallest absolute Gasteiger partial charge is 0.265 e. The molecule has 1 aromatic heterocycles. The Morgan fingerprint density at radius 1 is 1.21 bits per heavy atom. The number of aromatic nitrogens is 2. The minimum atomic E-state index is -0.616. The number of aliphatic hydroxyl groups excluding tert-OH is 1. The molecule has 6 nitrogen and oxygen atoms in total. The number of nitrogens with one attached hydrogen (secondary N) is 1. The van der Waals surface area contributed by atoms with Crippen molar-refractivity contribution in [3.8, 4) is 0 Å². The van der Waals surface area contributed by atoms with Crippen molar-refractivity contribution < 1.29 is 9.90 Å². The van der Waals surface area contributed by atoms with Crippen LogP contribution in [-0.2, 0) is 4.79 Å². The second-order valence-electron chi connectivity index (χ2n) is 5.12. The Morgan fingerprint density at radius 3 is 2.75 bits per heavy atom. The largest absolute Gasteiger partial charge is 0.387 e. The fraction of sp³-hybridized carbons (Fsp3) is 0.0556. The number of carbonyl (C=O) groups excluding carboxylic acids is 1. The summed E-state index contributed by atoms with van der Waals surface area (Å²) in [6, 6.07) is 14.4. The number of amides is 1. The van der Waals surface area contributed by atoms with Crippen molar-refractivity contribution in [3.63, 3.8) is 0 Å². The van der Waals surface area contributed by atoms with Gasteiger partial charge < -0.3 is 10.4 Å². The molecule has 120 valence electrons. The molecule has 0 radical (unpaired) electrons. The zero-order valence-electron chi connectivity index (χ0n) is 12.7. The highest BCUT2D eigenvalue weighted by Gasteiger charge is 2.06. The number of benzene rings is 2. The van der Waals surface area contributed by atoms with E-state index in [1.807, 2.05) is 36.4 Å². The van der Waals surface area contributed by atoms with Crippen LogP contribution in [0.2, 0.25) is 0 Å². The number of nitrogens with zero attached hydrogens (tertiary/aromatic N) is 2. The van der Waals surface area contributed by atoms with E-state index in [1.165, 1.54) is 10.9 Å². The Balaban J connectivity index is 1.98. The van der Waals surface area contributed by atoms with Gasteiger partial charge in [0, 0.05) is 11.9 Å². The Labute approximate surface area is 137 Å². The molecular weight excluding hydrogens is 306 g/mol. The topological polar surface area (TPSA) is 84.2 Å². The van der Waals surface area contributed by atoms with Gasteiger partial charge in [-0.05, 0) is 29.8 Å². The lowest BCUT2D eigenvalue weighted by molar-refractivity contribution is -0.118. The van der Waals surface area contributed by atoms with Crippen molar-refractivity contribution in [1.29, 1.82) is 0 Å². The van der Waals surface area contributed by atoms with E-state index >= 15 is 0 Å². The monoisotopic (exact) mass is 321 g/mol. The van der Waals surface area contributed by atoms with Crippen LogP contribution in [0.15, 0.2) is 59.7 Å². The second kappa shape index (κ2) is 6.89. The quantitative estimate of drug-likeness (QED) is 0.769. The lowest BCUT2D eigenvalue weighted by Crippen LogP contribution is -2.18. The second-order valence-corrected chi connectivity index (χ2v) is 5.12. The number of carbonyl (C=O) groups is 1. The molecule has 24 heavy (non-hydrogen) atoms. The van der Waals surface area contributed by atoms with Crippen molar-refractivity contribution in [2.75, 3.05) is 11.9 Å². The van der Waals surface area contributed by atoms with Gasteiger partial charge in [0.2, 0.25) is 5.91 Å². The summed E-state index contributed by atoms with van der Waals surface area (Å²) in [7, 11) is 0. The average Bonchev–Trinajstić information content (AvgIpc) is 2.62. The molecule has 0 bridgehead atoms. The molecule has 0 spiro atoms. The van der Waals surface area contributed by atoms with Crippen LogP contribution in [0.3, 0.4) is 0 Å². The van der Waals surface area contributed by atoms with Crippen LogP contribution in [0, 0.1) is 0 Å². The van der Waals surface area contributed by atoms with E-state index in [1.54, 1.807) is 24.4 Å². The van der Waals surface area contributed by atoms with Crippen LogP contribution < -0.4 is 10.9 Å². The van der Waals surface area contributed by atoms with Crippen molar-refractivity contribution in [2.24, 2.45) is 0 Å². The number of fused-ring (bicyclic) bond motifs is 1. The molecule has 6 heteroatoms. The van der Waals surface area contributed by atoms with E-state index in [4.69, 9.17) is 5.11 Å². The number of anilines is 1. The first kappa shape index (κ1) is 15.6. The Kier molecular flexibility index (Phi) is 4.49. The van der Waals surface area contributed by atoms with Gasteiger partial charge in [0.25, 0.3) is 5.56 Å². The van der Waals surface area contributed by atoms with Crippen LogP contribution >= 0.6 is 0 Å². The van der Waals surface area contributed by atoms with Crippen LogP contribution in [-0.4, -0.2) is 27.2 Å². The first-order valence-corrected chi connectivity index (χ1v) is 7.32. The maximum atomic E-state index is 12.6. The molecule has 2 N–H and O–H groups in total. The summed E-state index contributed by atoms with van der Waals surface area (Å²) in [5.41, 5.74) is 1.69. The van der Waals surface area contributed by atoms with Gasteiger partial charge in [-0.2, -0.15) is 0 Å². The molecule has 1 heterocycles. The van der Waals surface area contributed by atoms with Crippen LogP contribution in [0.5, 0.6) is 0 Å². The third kappa shape index (κ3) is 3.39. The maximum Gasteiger partial charge on any atom is 0.265 e. The Morgan fingerprint density at radius 2 is 2.00 bits per heavy atom. The molecule has 3 rings (SSSR count). The van der Waals surface area contributed by atoms with Crippen LogP contribution in [0.25, 0.3) is 23.2 Å². The minimum Gasteiger partial charge on any atom is -0.387 e. The average molecular weight is 321 g/mol. The molecule has 0 fully saturated rings. The number of hydrogen-bond acceptors (Lipinski definition) is 4. The zero-order valence-corrected chi connectivity index (χ0v) is 12.7.